The van der Waals surface area contributed by atoms with Crippen LogP contribution in [0.5, 0.6) is 0 Å². The van der Waals surface area contributed by atoms with E-state index in [0.29, 0.717) is 0 Å². The monoisotopic (exact) mass is 367 g/mol. The Morgan fingerprint density at radius 1 is 0.375 bits per heavy atom. The fourth-order valence-electron chi connectivity index (χ4n) is 0. The van der Waals surface area contributed by atoms with Crippen LogP contribution in [0, 0.1) is 0 Å². The van der Waals surface area contributed by atoms with Crippen molar-refractivity contribution < 1.29 is 21.1 Å². The van der Waals surface area contributed by atoms with Crippen LogP contribution in [0.3, 0.4) is 0 Å². The van der Waals surface area contributed by atoms with Crippen molar-refractivity contribution in [1.82, 2.24) is 0 Å². The van der Waals surface area contributed by atoms with Crippen molar-refractivity contribution in [3.8, 4) is 0 Å². The Labute approximate surface area is 82.8 Å². The van der Waals surface area contributed by atoms with Gasteiger partial charge >= 0.3 is 21.1 Å². The van der Waals surface area contributed by atoms with Crippen LogP contribution in [0.15, 0.2) is 0 Å². The molecule has 0 aromatic heterocycles. The average Bonchev–Trinajstić information content (AvgIpc) is 0. The molecule has 0 radical (unpaired) electrons. The first-order valence-electron chi connectivity index (χ1n) is 0. The van der Waals surface area contributed by atoms with E-state index in [1.54, 1.807) is 0 Å². The van der Waals surface area contributed by atoms with Crippen LogP contribution in [-0.2, 0) is 21.1 Å². The predicted octanol–water partition coefficient (Wildman–Crippen LogP) is 4.13. The van der Waals surface area contributed by atoms with Gasteiger partial charge in [-0.15, -0.1) is 37.2 Å². The van der Waals surface area contributed by atoms with Gasteiger partial charge in [-0.05, 0) is 0 Å². The smallest absolute Gasteiger partial charge is 0.693 e. The summed E-state index contributed by atoms with van der Waals surface area (Å²) in [5.41, 5.74) is 0. The van der Waals surface area contributed by atoms with Gasteiger partial charge < -0.3 is 24.6 Å². The van der Waals surface area contributed by atoms with Gasteiger partial charge in [0.2, 0.25) is 0 Å². The second-order valence-corrected chi connectivity index (χ2v) is 0. The molecular formula is H11Cl3N4Pt. The van der Waals surface area contributed by atoms with Crippen LogP contribution in [0.2, 0.25) is 0 Å². The van der Waals surface area contributed by atoms with Crippen LogP contribution < -0.4 is 0 Å². The summed E-state index contributed by atoms with van der Waals surface area (Å²) in [7, 11) is 0. The Morgan fingerprint density at radius 2 is 0.375 bits per heavy atom. The molecule has 0 bridgehead atoms. The van der Waals surface area contributed by atoms with Gasteiger partial charge in [-0.25, -0.2) is 0 Å². The molecule has 0 aliphatic rings. The number of rotatable bonds is 0. The van der Waals surface area contributed by atoms with Gasteiger partial charge in [-0.1, -0.05) is 0 Å². The number of nitrogens with two attached hydrogens (primary N) is 4. The van der Waals surface area contributed by atoms with Crippen molar-refractivity contribution >= 4 is 37.2 Å². The van der Waals surface area contributed by atoms with E-state index < -0.39 is 0 Å². The van der Waals surface area contributed by atoms with E-state index >= 15 is 0 Å². The van der Waals surface area contributed by atoms with Crippen LogP contribution in [0.4, 0.5) is 0 Å². The van der Waals surface area contributed by atoms with Crippen LogP contribution >= 0.6 is 37.2 Å². The van der Waals surface area contributed by atoms with Crippen LogP contribution in [0.1, 0.15) is 0 Å². The molecule has 0 aromatic carbocycles. The first-order valence-corrected chi connectivity index (χ1v) is 0. The summed E-state index contributed by atoms with van der Waals surface area (Å²) in [6.07, 6.45) is 0. The molecule has 0 heterocycles. The minimum atomic E-state index is 0. The van der Waals surface area contributed by atoms with E-state index in [2.05, 4.69) is 0 Å². The van der Waals surface area contributed by atoms with E-state index in [1.807, 2.05) is 0 Å². The molecule has 0 saturated carbocycles. The molecule has 8 heavy (non-hydrogen) atoms. The van der Waals surface area contributed by atoms with Crippen molar-refractivity contribution in [2.24, 2.45) is 0 Å². The molecule has 0 rings (SSSR count). The van der Waals surface area contributed by atoms with Gasteiger partial charge in [-0.3, -0.25) is 0 Å². The second-order valence-electron chi connectivity index (χ2n) is 0. The summed E-state index contributed by atoms with van der Waals surface area (Å²) in [5.74, 6) is 0. The molecule has 0 aromatic rings. The molecule has 0 amide bonds. The van der Waals surface area contributed by atoms with Gasteiger partial charge in [0.05, 0.1) is 0 Å². The fourth-order valence-corrected chi connectivity index (χ4v) is 0. The van der Waals surface area contributed by atoms with Gasteiger partial charge in [0.15, 0.2) is 0 Å². The third-order valence-corrected chi connectivity index (χ3v) is 0. The zero-order valence-electron chi connectivity index (χ0n) is 3.85. The molecule has 4 nitrogen and oxygen atoms in total. The Bertz CT molecular complexity index is 11.2. The number of halogens is 3. The summed E-state index contributed by atoms with van der Waals surface area (Å²) in [6, 6.07) is 0. The Morgan fingerprint density at radius 3 is 0.375 bits per heavy atom. The van der Waals surface area contributed by atoms with Crippen LogP contribution in [-0.4, -0.2) is 0 Å². The Kier molecular flexibility index (Phi) is 9960. The molecule has 0 aliphatic heterocycles. The van der Waals surface area contributed by atoms with Crippen molar-refractivity contribution in [1.29, 1.82) is 0 Å². The SMILES string of the molecule is Cl.Cl.Cl.[NH2-].[NH2-].[NH2-].[NH2-].[Pt+4]. The van der Waals surface area contributed by atoms with Gasteiger partial charge in [0.1, 0.15) is 0 Å². The summed E-state index contributed by atoms with van der Waals surface area (Å²) in [6.45, 7) is 0. The van der Waals surface area contributed by atoms with Gasteiger partial charge in [-0.2, -0.15) is 0 Å². The van der Waals surface area contributed by atoms with E-state index in [-0.39, 0.29) is 82.9 Å². The molecule has 62 valence electrons. The topological polar surface area (TPSA) is 134 Å². The molecule has 0 saturated heterocycles. The third kappa shape index (κ3) is 155. The van der Waals surface area contributed by atoms with Crippen molar-refractivity contribution in [3.05, 3.63) is 24.6 Å². The number of hydrogen-bond acceptors (Lipinski definition) is 0. The minimum absolute atomic E-state index is 0. The standard InChI is InChI=1S/3ClH.4H2N.Pt/h3*1H;4*1H2;/q;;;4*-1;+4. The van der Waals surface area contributed by atoms with Gasteiger partial charge in [0, 0.05) is 0 Å². The largest absolute Gasteiger partial charge is 4.00 e. The maximum Gasteiger partial charge on any atom is 4.00 e. The molecule has 0 atom stereocenters. The first kappa shape index (κ1) is 339. The van der Waals surface area contributed by atoms with E-state index in [4.69, 9.17) is 0 Å². The Balaban J connectivity index is 0. The van der Waals surface area contributed by atoms with E-state index in [1.165, 1.54) is 0 Å². The first-order chi connectivity index (χ1) is 0. The molecule has 8 heteroatoms. The van der Waals surface area contributed by atoms with Crippen molar-refractivity contribution in [3.63, 3.8) is 0 Å². The van der Waals surface area contributed by atoms with Crippen molar-refractivity contribution in [2.75, 3.05) is 0 Å². The average molecular weight is 369 g/mol. The number of hydrogen-bond donors (Lipinski definition) is 0. The summed E-state index contributed by atoms with van der Waals surface area (Å²) in [4.78, 5) is 0. The second kappa shape index (κ2) is 235. The minimum Gasteiger partial charge on any atom is -0.693 e. The summed E-state index contributed by atoms with van der Waals surface area (Å²) >= 11 is 0. The Hall–Kier alpha value is 1.40. The molecule has 0 spiro atoms. The van der Waals surface area contributed by atoms with Gasteiger partial charge in [0.25, 0.3) is 0 Å². The summed E-state index contributed by atoms with van der Waals surface area (Å²) in [5, 5.41) is 0. The molecule has 0 aliphatic carbocycles. The molecule has 0 unspecified atom stereocenters. The summed E-state index contributed by atoms with van der Waals surface area (Å²) < 4.78 is 0. The quantitative estimate of drug-likeness (QED) is 0.607. The van der Waals surface area contributed by atoms with E-state index in [9.17, 15) is 0 Å². The molecule has 0 fully saturated rings. The molecule has 8 N–H and O–H groups in total. The third-order valence-electron chi connectivity index (χ3n) is 0. The normalized spacial score (nSPS) is 0. The predicted molar refractivity (Wildman–Crippen MR) is 42.9 cm³/mol. The zero-order valence-corrected chi connectivity index (χ0v) is 8.57. The fraction of sp³-hybridized carbons (Fsp3) is 0. The zero-order chi connectivity index (χ0) is 0. The van der Waals surface area contributed by atoms with Crippen molar-refractivity contribution in [2.45, 2.75) is 0 Å². The van der Waals surface area contributed by atoms with Crippen LogP contribution in [0.25, 0.3) is 24.6 Å². The molecular weight excluding hydrogens is 357 g/mol. The van der Waals surface area contributed by atoms with E-state index in [0.717, 1.165) is 0 Å². The maximum absolute atomic E-state index is 0. The maximum atomic E-state index is 0.